The molecule has 1 aromatic rings. The van der Waals surface area contributed by atoms with Crippen molar-refractivity contribution in [2.75, 3.05) is 25.9 Å². The van der Waals surface area contributed by atoms with Crippen LogP contribution in [0.25, 0.3) is 0 Å². The highest BCUT2D eigenvalue weighted by Crippen LogP contribution is 2.21. The molecule has 1 saturated heterocycles. The van der Waals surface area contributed by atoms with E-state index in [2.05, 4.69) is 33.8 Å². The van der Waals surface area contributed by atoms with Crippen LogP contribution in [0.15, 0.2) is 28.7 Å². The van der Waals surface area contributed by atoms with Crippen molar-refractivity contribution in [2.24, 2.45) is 0 Å². The molecule has 1 atom stereocenters. The molecule has 0 radical (unpaired) electrons. The fourth-order valence-electron chi connectivity index (χ4n) is 2.34. The summed E-state index contributed by atoms with van der Waals surface area (Å²) in [6, 6.07) is 8.39. The molecule has 0 aliphatic carbocycles. The quantitative estimate of drug-likeness (QED) is 0.839. The van der Waals surface area contributed by atoms with Gasteiger partial charge in [-0.25, -0.2) is 8.42 Å². The summed E-state index contributed by atoms with van der Waals surface area (Å²) in [6.07, 6.45) is 1.28. The van der Waals surface area contributed by atoms with Gasteiger partial charge in [-0.15, -0.1) is 0 Å². The van der Waals surface area contributed by atoms with Gasteiger partial charge in [0.1, 0.15) is 0 Å². The Morgan fingerprint density at radius 2 is 2.00 bits per heavy atom. The molecule has 0 amide bonds. The van der Waals surface area contributed by atoms with Gasteiger partial charge in [0.2, 0.25) is 10.0 Å². The molecule has 19 heavy (non-hydrogen) atoms. The molecular weight excluding hydrogens is 328 g/mol. The van der Waals surface area contributed by atoms with E-state index in [-0.39, 0.29) is 6.04 Å². The Labute approximate surface area is 123 Å². The number of hydrogen-bond acceptors (Lipinski definition) is 3. The van der Waals surface area contributed by atoms with Gasteiger partial charge in [-0.1, -0.05) is 34.1 Å². The third-order valence-electron chi connectivity index (χ3n) is 3.53. The Balaban J connectivity index is 2.03. The summed E-state index contributed by atoms with van der Waals surface area (Å²) in [4.78, 5) is 2.32. The van der Waals surface area contributed by atoms with Crippen molar-refractivity contribution >= 4 is 26.0 Å². The van der Waals surface area contributed by atoms with Gasteiger partial charge in [0, 0.05) is 36.7 Å². The second kappa shape index (κ2) is 5.91. The van der Waals surface area contributed by atoms with Crippen molar-refractivity contribution in [3.05, 3.63) is 34.3 Å². The summed E-state index contributed by atoms with van der Waals surface area (Å²) in [5.41, 5.74) is 1.24. The predicted molar refractivity (Wildman–Crippen MR) is 80.4 cm³/mol. The summed E-state index contributed by atoms with van der Waals surface area (Å²) < 4.78 is 25.8. The molecule has 106 valence electrons. The Morgan fingerprint density at radius 1 is 1.32 bits per heavy atom. The lowest BCUT2D eigenvalue weighted by Gasteiger charge is -2.38. The second-order valence-electron chi connectivity index (χ2n) is 5.03. The fourth-order valence-corrected chi connectivity index (χ4v) is 3.65. The molecular formula is C13H19BrN2O2S. The van der Waals surface area contributed by atoms with Gasteiger partial charge in [0.05, 0.1) is 6.26 Å². The van der Waals surface area contributed by atoms with Crippen molar-refractivity contribution in [3.8, 4) is 0 Å². The summed E-state index contributed by atoms with van der Waals surface area (Å²) in [5, 5.41) is 0. The predicted octanol–water partition coefficient (Wildman–Crippen LogP) is 1.91. The lowest BCUT2D eigenvalue weighted by Crippen LogP contribution is -2.52. The van der Waals surface area contributed by atoms with E-state index in [1.165, 1.54) is 11.8 Å². The zero-order valence-corrected chi connectivity index (χ0v) is 13.6. The Morgan fingerprint density at radius 3 is 2.58 bits per heavy atom. The number of sulfonamides is 1. The molecule has 0 spiro atoms. The number of piperazine rings is 1. The molecule has 1 fully saturated rings. The van der Waals surface area contributed by atoms with E-state index in [9.17, 15) is 8.42 Å². The first-order valence-corrected chi connectivity index (χ1v) is 8.94. The van der Waals surface area contributed by atoms with Crippen LogP contribution >= 0.6 is 15.9 Å². The molecule has 4 nitrogen and oxygen atoms in total. The molecule has 0 aromatic heterocycles. The van der Waals surface area contributed by atoms with Crippen LogP contribution in [-0.4, -0.2) is 49.6 Å². The van der Waals surface area contributed by atoms with E-state index in [1.54, 1.807) is 4.31 Å². The minimum absolute atomic E-state index is 0.232. The summed E-state index contributed by atoms with van der Waals surface area (Å²) in [6.45, 7) is 4.85. The first-order chi connectivity index (χ1) is 8.88. The van der Waals surface area contributed by atoms with Crippen LogP contribution < -0.4 is 0 Å². The topological polar surface area (TPSA) is 40.6 Å². The maximum absolute atomic E-state index is 11.6. The summed E-state index contributed by atoms with van der Waals surface area (Å²) >= 11 is 3.55. The van der Waals surface area contributed by atoms with Crippen LogP contribution in [0.2, 0.25) is 0 Å². The molecule has 0 unspecified atom stereocenters. The van der Waals surface area contributed by atoms with Gasteiger partial charge in [-0.2, -0.15) is 4.31 Å². The normalized spacial score (nSPS) is 22.6. The summed E-state index contributed by atoms with van der Waals surface area (Å²) in [7, 11) is -3.07. The first kappa shape index (κ1) is 15.0. The van der Waals surface area contributed by atoms with Gasteiger partial charge >= 0.3 is 0 Å². The van der Waals surface area contributed by atoms with Crippen LogP contribution in [0.1, 0.15) is 12.5 Å². The smallest absolute Gasteiger partial charge is 0.211 e. The van der Waals surface area contributed by atoms with Crippen LogP contribution in [0, 0.1) is 0 Å². The number of nitrogens with zero attached hydrogens (tertiary/aromatic N) is 2. The Bertz CT molecular complexity index is 547. The second-order valence-corrected chi connectivity index (χ2v) is 7.87. The number of halogens is 1. The van der Waals surface area contributed by atoms with Crippen molar-refractivity contribution in [1.29, 1.82) is 0 Å². The molecule has 0 bridgehead atoms. The highest BCUT2D eigenvalue weighted by atomic mass is 79.9. The van der Waals surface area contributed by atoms with Crippen LogP contribution in [-0.2, 0) is 16.6 Å². The number of benzene rings is 1. The SMILES string of the molecule is C[C@H]1CN(S(C)(=O)=O)CCN1Cc1ccccc1Br. The zero-order chi connectivity index (χ0) is 14.0. The Hall–Kier alpha value is -0.430. The largest absolute Gasteiger partial charge is 0.294 e. The van der Waals surface area contributed by atoms with Crippen LogP contribution in [0.4, 0.5) is 0 Å². The van der Waals surface area contributed by atoms with Gasteiger partial charge < -0.3 is 0 Å². The fraction of sp³-hybridized carbons (Fsp3) is 0.538. The number of rotatable bonds is 3. The van der Waals surface area contributed by atoms with Crippen molar-refractivity contribution in [3.63, 3.8) is 0 Å². The molecule has 1 heterocycles. The first-order valence-electron chi connectivity index (χ1n) is 6.30. The average Bonchev–Trinajstić information content (AvgIpc) is 2.33. The third-order valence-corrected chi connectivity index (χ3v) is 5.57. The molecule has 2 rings (SSSR count). The maximum Gasteiger partial charge on any atom is 0.211 e. The average molecular weight is 347 g/mol. The minimum Gasteiger partial charge on any atom is -0.294 e. The molecule has 6 heteroatoms. The minimum atomic E-state index is -3.07. The molecule has 1 aromatic carbocycles. The van der Waals surface area contributed by atoms with Gasteiger partial charge in [0.25, 0.3) is 0 Å². The van der Waals surface area contributed by atoms with Crippen LogP contribution in [0.5, 0.6) is 0 Å². The molecule has 0 N–H and O–H groups in total. The van der Waals surface area contributed by atoms with E-state index < -0.39 is 10.0 Å². The van der Waals surface area contributed by atoms with Gasteiger partial charge in [-0.05, 0) is 18.6 Å². The van der Waals surface area contributed by atoms with Gasteiger partial charge in [0.15, 0.2) is 0 Å². The highest BCUT2D eigenvalue weighted by Gasteiger charge is 2.28. The number of hydrogen-bond donors (Lipinski definition) is 0. The molecule has 1 aliphatic rings. The van der Waals surface area contributed by atoms with Crippen LogP contribution in [0.3, 0.4) is 0 Å². The third kappa shape index (κ3) is 3.78. The highest BCUT2D eigenvalue weighted by molar-refractivity contribution is 9.10. The monoisotopic (exact) mass is 346 g/mol. The standard InChI is InChI=1S/C13H19BrN2O2S/c1-11-9-16(19(2,17)18)8-7-15(11)10-12-5-3-4-6-13(12)14/h3-6,11H,7-10H2,1-2H3/t11-/m0/s1. The lowest BCUT2D eigenvalue weighted by molar-refractivity contribution is 0.122. The van der Waals surface area contributed by atoms with E-state index in [0.29, 0.717) is 13.1 Å². The summed E-state index contributed by atoms with van der Waals surface area (Å²) in [5.74, 6) is 0. The lowest BCUT2D eigenvalue weighted by atomic mass is 10.1. The van der Waals surface area contributed by atoms with Crippen molar-refractivity contribution < 1.29 is 8.42 Å². The van der Waals surface area contributed by atoms with Gasteiger partial charge in [-0.3, -0.25) is 4.90 Å². The van der Waals surface area contributed by atoms with E-state index >= 15 is 0 Å². The van der Waals surface area contributed by atoms with E-state index in [4.69, 9.17) is 0 Å². The molecule has 0 saturated carbocycles. The Kier molecular flexibility index (Phi) is 4.66. The van der Waals surface area contributed by atoms with Crippen molar-refractivity contribution in [1.82, 2.24) is 9.21 Å². The van der Waals surface area contributed by atoms with E-state index in [1.807, 2.05) is 18.2 Å². The maximum atomic E-state index is 11.6. The zero-order valence-electron chi connectivity index (χ0n) is 11.2. The molecule has 1 aliphatic heterocycles. The van der Waals surface area contributed by atoms with Crippen molar-refractivity contribution in [2.45, 2.75) is 19.5 Å². The van der Waals surface area contributed by atoms with E-state index in [0.717, 1.165) is 17.6 Å².